The van der Waals surface area contributed by atoms with Crippen molar-refractivity contribution in [3.8, 4) is 17.2 Å². The molecule has 0 spiro atoms. The first-order chi connectivity index (χ1) is 12.5. The minimum absolute atomic E-state index is 0.0203. The van der Waals surface area contributed by atoms with E-state index in [1.54, 1.807) is 21.3 Å². The summed E-state index contributed by atoms with van der Waals surface area (Å²) in [4.78, 5) is 13.5. The van der Waals surface area contributed by atoms with Crippen LogP contribution >= 0.6 is 11.8 Å². The third-order valence-corrected chi connectivity index (χ3v) is 5.12. The summed E-state index contributed by atoms with van der Waals surface area (Å²) in [6, 6.07) is 13.2. The highest BCUT2D eigenvalue weighted by Crippen LogP contribution is 2.30. The van der Waals surface area contributed by atoms with Gasteiger partial charge in [-0.15, -0.1) is 11.8 Å². The lowest BCUT2D eigenvalue weighted by atomic mass is 10.1. The lowest BCUT2D eigenvalue weighted by Gasteiger charge is -2.19. The predicted octanol–water partition coefficient (Wildman–Crippen LogP) is 4.07. The molecule has 0 fully saturated rings. The molecule has 0 radical (unpaired) electrons. The van der Waals surface area contributed by atoms with Crippen molar-refractivity contribution in [2.24, 2.45) is 0 Å². The van der Waals surface area contributed by atoms with E-state index >= 15 is 0 Å². The van der Waals surface area contributed by atoms with Crippen LogP contribution in [0.15, 0.2) is 47.4 Å². The van der Waals surface area contributed by atoms with Gasteiger partial charge in [0.25, 0.3) is 0 Å². The third kappa shape index (κ3) is 5.08. The van der Waals surface area contributed by atoms with E-state index in [1.165, 1.54) is 11.8 Å². The first-order valence-electron chi connectivity index (χ1n) is 8.31. The molecule has 2 aromatic carbocycles. The molecule has 2 atom stereocenters. The maximum Gasteiger partial charge on any atom is 0.233 e. The fourth-order valence-electron chi connectivity index (χ4n) is 2.45. The molecule has 1 amide bonds. The van der Waals surface area contributed by atoms with E-state index in [0.717, 1.165) is 16.2 Å². The number of thioether (sulfide) groups is 1. The van der Waals surface area contributed by atoms with Gasteiger partial charge in [0.1, 0.15) is 5.75 Å². The molecule has 26 heavy (non-hydrogen) atoms. The van der Waals surface area contributed by atoms with Crippen molar-refractivity contribution in [1.82, 2.24) is 5.32 Å². The predicted molar refractivity (Wildman–Crippen MR) is 104 cm³/mol. The SMILES string of the molecule is COc1ccc(S[C@@H](C)C(=O)N[C@H](C)c2ccc(OC)c(OC)c2)cc1. The summed E-state index contributed by atoms with van der Waals surface area (Å²) < 4.78 is 15.7. The van der Waals surface area contributed by atoms with Crippen molar-refractivity contribution in [3.63, 3.8) is 0 Å². The zero-order valence-corrected chi connectivity index (χ0v) is 16.6. The lowest BCUT2D eigenvalue weighted by Crippen LogP contribution is -2.33. The Hall–Kier alpha value is -2.34. The zero-order chi connectivity index (χ0) is 19.1. The Morgan fingerprint density at radius 2 is 1.58 bits per heavy atom. The topological polar surface area (TPSA) is 56.8 Å². The van der Waals surface area contributed by atoms with E-state index in [-0.39, 0.29) is 17.2 Å². The Balaban J connectivity index is 1.98. The third-order valence-electron chi connectivity index (χ3n) is 4.01. The van der Waals surface area contributed by atoms with Crippen LogP contribution in [0.5, 0.6) is 17.2 Å². The molecule has 0 aromatic heterocycles. The number of methoxy groups -OCH3 is 3. The van der Waals surface area contributed by atoms with Gasteiger partial charge < -0.3 is 19.5 Å². The Morgan fingerprint density at radius 1 is 0.923 bits per heavy atom. The second kappa shape index (κ2) is 9.38. The van der Waals surface area contributed by atoms with E-state index in [4.69, 9.17) is 14.2 Å². The molecule has 0 aliphatic rings. The van der Waals surface area contributed by atoms with E-state index < -0.39 is 0 Å². The molecule has 5 nitrogen and oxygen atoms in total. The first-order valence-corrected chi connectivity index (χ1v) is 9.19. The van der Waals surface area contributed by atoms with Crippen molar-refractivity contribution in [2.75, 3.05) is 21.3 Å². The maximum atomic E-state index is 12.5. The lowest BCUT2D eigenvalue weighted by molar-refractivity contribution is -0.120. The smallest absolute Gasteiger partial charge is 0.233 e. The Bertz CT molecular complexity index is 733. The fraction of sp³-hybridized carbons (Fsp3) is 0.350. The number of nitrogens with one attached hydrogen (secondary N) is 1. The van der Waals surface area contributed by atoms with Gasteiger partial charge in [0.05, 0.1) is 32.6 Å². The van der Waals surface area contributed by atoms with Crippen LogP contribution in [0.1, 0.15) is 25.5 Å². The molecule has 2 aromatic rings. The van der Waals surface area contributed by atoms with E-state index in [0.29, 0.717) is 11.5 Å². The minimum atomic E-state index is -0.217. The second-order valence-corrected chi connectivity index (χ2v) is 7.19. The van der Waals surface area contributed by atoms with Gasteiger partial charge in [-0.2, -0.15) is 0 Å². The summed E-state index contributed by atoms with van der Waals surface area (Å²) in [5.41, 5.74) is 0.956. The van der Waals surface area contributed by atoms with E-state index in [9.17, 15) is 4.79 Å². The number of benzene rings is 2. The van der Waals surface area contributed by atoms with Crippen LogP contribution in [0.2, 0.25) is 0 Å². The number of hydrogen-bond donors (Lipinski definition) is 1. The molecule has 0 saturated carbocycles. The van der Waals surface area contributed by atoms with Gasteiger partial charge in [0.15, 0.2) is 11.5 Å². The molecule has 6 heteroatoms. The van der Waals surface area contributed by atoms with Gasteiger partial charge in [-0.1, -0.05) is 6.07 Å². The van der Waals surface area contributed by atoms with Crippen molar-refractivity contribution in [1.29, 1.82) is 0 Å². The maximum absolute atomic E-state index is 12.5. The average Bonchev–Trinajstić information content (AvgIpc) is 2.67. The molecule has 0 unspecified atom stereocenters. The quantitative estimate of drug-likeness (QED) is 0.705. The van der Waals surface area contributed by atoms with E-state index in [2.05, 4.69) is 5.32 Å². The molecule has 140 valence electrons. The number of amides is 1. The molecule has 2 rings (SSSR count). The number of carbonyl (C=O) groups is 1. The minimum Gasteiger partial charge on any atom is -0.497 e. The molecule has 0 heterocycles. The summed E-state index contributed by atoms with van der Waals surface area (Å²) in [5, 5.41) is 2.83. The number of ether oxygens (including phenoxy) is 3. The normalized spacial score (nSPS) is 12.8. The average molecular weight is 375 g/mol. The molecule has 0 saturated heterocycles. The largest absolute Gasteiger partial charge is 0.497 e. The van der Waals surface area contributed by atoms with Crippen LogP contribution < -0.4 is 19.5 Å². The van der Waals surface area contributed by atoms with Gasteiger partial charge in [0.2, 0.25) is 5.91 Å². The van der Waals surface area contributed by atoms with Crippen molar-refractivity contribution >= 4 is 17.7 Å². The van der Waals surface area contributed by atoms with Gasteiger partial charge in [-0.05, 0) is 55.8 Å². The van der Waals surface area contributed by atoms with Crippen molar-refractivity contribution < 1.29 is 19.0 Å². The van der Waals surface area contributed by atoms with Gasteiger partial charge in [-0.25, -0.2) is 0 Å². The van der Waals surface area contributed by atoms with Gasteiger partial charge in [0, 0.05) is 4.90 Å². The van der Waals surface area contributed by atoms with Crippen LogP contribution in [0.4, 0.5) is 0 Å². The number of carbonyl (C=O) groups excluding carboxylic acids is 1. The van der Waals surface area contributed by atoms with Gasteiger partial charge in [-0.3, -0.25) is 4.79 Å². The van der Waals surface area contributed by atoms with Crippen molar-refractivity contribution in [2.45, 2.75) is 30.0 Å². The van der Waals surface area contributed by atoms with Crippen LogP contribution in [-0.4, -0.2) is 32.5 Å². The summed E-state index contributed by atoms with van der Waals surface area (Å²) >= 11 is 1.51. The number of hydrogen-bond acceptors (Lipinski definition) is 5. The number of rotatable bonds is 8. The van der Waals surface area contributed by atoms with Crippen LogP contribution in [-0.2, 0) is 4.79 Å². The highest BCUT2D eigenvalue weighted by Gasteiger charge is 2.18. The monoisotopic (exact) mass is 375 g/mol. The highest BCUT2D eigenvalue weighted by molar-refractivity contribution is 8.00. The molecule has 0 bridgehead atoms. The highest BCUT2D eigenvalue weighted by atomic mass is 32.2. The molecule has 0 aliphatic carbocycles. The molecule has 0 aliphatic heterocycles. The molecular weight excluding hydrogens is 350 g/mol. The Morgan fingerprint density at radius 3 is 2.15 bits per heavy atom. The second-order valence-electron chi connectivity index (χ2n) is 5.78. The fourth-order valence-corrected chi connectivity index (χ4v) is 3.32. The van der Waals surface area contributed by atoms with Crippen LogP contribution in [0.3, 0.4) is 0 Å². The van der Waals surface area contributed by atoms with Crippen LogP contribution in [0.25, 0.3) is 0 Å². The summed E-state index contributed by atoms with van der Waals surface area (Å²) in [6.45, 7) is 3.84. The van der Waals surface area contributed by atoms with Gasteiger partial charge >= 0.3 is 0 Å². The van der Waals surface area contributed by atoms with Crippen molar-refractivity contribution in [3.05, 3.63) is 48.0 Å². The summed E-state index contributed by atoms with van der Waals surface area (Å²) in [6.07, 6.45) is 0. The molecule has 1 N–H and O–H groups in total. The summed E-state index contributed by atoms with van der Waals surface area (Å²) in [7, 11) is 4.83. The first kappa shape index (κ1) is 20.0. The van der Waals surface area contributed by atoms with Crippen LogP contribution in [0, 0.1) is 0 Å². The zero-order valence-electron chi connectivity index (χ0n) is 15.7. The van der Waals surface area contributed by atoms with E-state index in [1.807, 2.05) is 56.3 Å². The molecular formula is C20H25NO4S. The summed E-state index contributed by atoms with van der Waals surface area (Å²) in [5.74, 6) is 2.09. The standard InChI is InChI=1S/C20H25NO4S/c1-13(15-6-11-18(24-4)19(12-15)25-5)21-20(22)14(2)26-17-9-7-16(23-3)8-10-17/h6-14H,1-5H3,(H,21,22)/t13-,14+/m1/s1. The Labute approximate surface area is 159 Å². The Kier molecular flexibility index (Phi) is 7.21.